The fourth-order valence-electron chi connectivity index (χ4n) is 2.27. The Morgan fingerprint density at radius 3 is 2.96 bits per heavy atom. The molecule has 136 valence electrons. The van der Waals surface area contributed by atoms with Crippen LogP contribution in [0.15, 0.2) is 42.4 Å². The molecular weight excluding hydrogens is 363 g/mol. The molecule has 1 aliphatic carbocycles. The van der Waals surface area contributed by atoms with Crippen LogP contribution in [0.4, 0.5) is 10.2 Å². The molecule has 0 saturated carbocycles. The van der Waals surface area contributed by atoms with Gasteiger partial charge in [0, 0.05) is 18.2 Å². The minimum absolute atomic E-state index is 0.00200. The van der Waals surface area contributed by atoms with Gasteiger partial charge in [0.15, 0.2) is 12.4 Å². The van der Waals surface area contributed by atoms with E-state index in [-0.39, 0.29) is 29.3 Å². The lowest BCUT2D eigenvalue weighted by Crippen LogP contribution is -2.41. The number of nitrogens with zero attached hydrogens (tertiary/aromatic N) is 2. The van der Waals surface area contributed by atoms with Crippen molar-refractivity contribution >= 4 is 23.3 Å². The molecule has 2 aromatic rings. The van der Waals surface area contributed by atoms with Gasteiger partial charge in [-0.25, -0.2) is 4.39 Å². The molecule has 1 atom stereocenters. The molecule has 2 N–H and O–H groups in total. The lowest BCUT2D eigenvalue weighted by Gasteiger charge is -2.27. The molecule has 0 saturated heterocycles. The number of aromatic nitrogens is 2. The van der Waals surface area contributed by atoms with Gasteiger partial charge < -0.3 is 20.1 Å². The molecule has 1 heterocycles. The maximum absolute atomic E-state index is 13.3. The standard InChI is InChI=1S/C17H16ClFN4O3/c1-25-17-8-20-7-15(23-17)21-10-4-11(5-10)22-16(24)9-26-12-2-3-13(18)14(19)6-12/h2-4,6-8,11H,5,9H2,1H3,(H,21,23)(H,22,24). The summed E-state index contributed by atoms with van der Waals surface area (Å²) in [6, 6.07) is 3.90. The monoisotopic (exact) mass is 378 g/mol. The van der Waals surface area contributed by atoms with Crippen molar-refractivity contribution in [1.82, 2.24) is 15.3 Å². The van der Waals surface area contributed by atoms with E-state index in [0.717, 1.165) is 11.8 Å². The zero-order valence-corrected chi connectivity index (χ0v) is 14.6. The highest BCUT2D eigenvalue weighted by molar-refractivity contribution is 6.30. The fourth-order valence-corrected chi connectivity index (χ4v) is 2.38. The summed E-state index contributed by atoms with van der Waals surface area (Å²) >= 11 is 5.59. The van der Waals surface area contributed by atoms with E-state index in [9.17, 15) is 9.18 Å². The molecule has 0 spiro atoms. The van der Waals surface area contributed by atoms with Crippen LogP contribution in [-0.2, 0) is 4.79 Å². The molecule has 0 aliphatic heterocycles. The van der Waals surface area contributed by atoms with Crippen LogP contribution in [0.1, 0.15) is 6.42 Å². The Morgan fingerprint density at radius 2 is 2.23 bits per heavy atom. The van der Waals surface area contributed by atoms with E-state index in [1.165, 1.54) is 25.4 Å². The number of rotatable bonds is 7. The number of hydrogen-bond acceptors (Lipinski definition) is 6. The molecule has 9 heteroatoms. The van der Waals surface area contributed by atoms with Gasteiger partial charge in [0.2, 0.25) is 5.88 Å². The highest BCUT2D eigenvalue weighted by atomic mass is 35.5. The van der Waals surface area contributed by atoms with Crippen molar-refractivity contribution in [2.24, 2.45) is 0 Å². The second kappa shape index (κ2) is 8.01. The second-order valence-electron chi connectivity index (χ2n) is 5.51. The van der Waals surface area contributed by atoms with Gasteiger partial charge in [0.25, 0.3) is 5.91 Å². The Hall–Kier alpha value is -2.87. The summed E-state index contributed by atoms with van der Waals surface area (Å²) in [5, 5.41) is 5.89. The van der Waals surface area contributed by atoms with Crippen LogP contribution in [0.25, 0.3) is 0 Å². The van der Waals surface area contributed by atoms with Crippen molar-refractivity contribution in [1.29, 1.82) is 0 Å². The average molecular weight is 379 g/mol. The predicted molar refractivity (Wildman–Crippen MR) is 93.7 cm³/mol. The van der Waals surface area contributed by atoms with Crippen LogP contribution in [0.2, 0.25) is 5.02 Å². The molecule has 0 fully saturated rings. The largest absolute Gasteiger partial charge is 0.484 e. The van der Waals surface area contributed by atoms with Crippen LogP contribution in [0, 0.1) is 5.82 Å². The first-order valence-electron chi connectivity index (χ1n) is 7.74. The number of amides is 1. The first kappa shape index (κ1) is 17.9. The molecule has 26 heavy (non-hydrogen) atoms. The van der Waals surface area contributed by atoms with Crippen molar-refractivity contribution in [3.05, 3.63) is 53.2 Å². The van der Waals surface area contributed by atoms with Crippen molar-refractivity contribution in [3.63, 3.8) is 0 Å². The number of ether oxygens (including phenoxy) is 2. The molecule has 3 rings (SSSR count). The molecule has 0 bridgehead atoms. The summed E-state index contributed by atoms with van der Waals surface area (Å²) in [5.74, 6) is 0.318. The topological polar surface area (TPSA) is 85.4 Å². The van der Waals surface area contributed by atoms with Crippen molar-refractivity contribution in [3.8, 4) is 11.6 Å². The van der Waals surface area contributed by atoms with Gasteiger partial charge >= 0.3 is 0 Å². The minimum Gasteiger partial charge on any atom is -0.484 e. The van der Waals surface area contributed by atoms with E-state index in [4.69, 9.17) is 21.1 Å². The second-order valence-corrected chi connectivity index (χ2v) is 5.91. The molecule has 1 unspecified atom stereocenters. The number of methoxy groups -OCH3 is 1. The number of halogens is 2. The van der Waals surface area contributed by atoms with Crippen molar-refractivity contribution < 1.29 is 18.7 Å². The van der Waals surface area contributed by atoms with Crippen molar-refractivity contribution in [2.45, 2.75) is 12.5 Å². The number of benzene rings is 1. The van der Waals surface area contributed by atoms with E-state index >= 15 is 0 Å². The highest BCUT2D eigenvalue weighted by Crippen LogP contribution is 2.22. The van der Waals surface area contributed by atoms with Gasteiger partial charge in [0.05, 0.1) is 30.6 Å². The molecule has 1 aromatic carbocycles. The lowest BCUT2D eigenvalue weighted by molar-refractivity contribution is -0.123. The quantitative estimate of drug-likeness (QED) is 0.770. The summed E-state index contributed by atoms with van der Waals surface area (Å²) in [6.07, 6.45) is 5.57. The maximum atomic E-state index is 13.3. The summed E-state index contributed by atoms with van der Waals surface area (Å²) in [7, 11) is 1.52. The number of anilines is 1. The first-order valence-corrected chi connectivity index (χ1v) is 8.12. The molecule has 7 nitrogen and oxygen atoms in total. The minimum atomic E-state index is -0.595. The Bertz CT molecular complexity index is 847. The van der Waals surface area contributed by atoms with Gasteiger partial charge in [-0.15, -0.1) is 0 Å². The highest BCUT2D eigenvalue weighted by Gasteiger charge is 2.21. The van der Waals surface area contributed by atoms with Crippen LogP contribution >= 0.6 is 11.6 Å². The average Bonchev–Trinajstić information content (AvgIpc) is 2.61. The number of carbonyl (C=O) groups is 1. The third-order valence-corrected chi connectivity index (χ3v) is 3.87. The van der Waals surface area contributed by atoms with Crippen molar-refractivity contribution in [2.75, 3.05) is 19.0 Å². The normalized spacial score (nSPS) is 15.5. The first-order chi connectivity index (χ1) is 12.5. The maximum Gasteiger partial charge on any atom is 0.258 e. The van der Waals surface area contributed by atoms with Crippen LogP contribution in [0.3, 0.4) is 0 Å². The predicted octanol–water partition coefficient (Wildman–Crippen LogP) is 2.54. The summed E-state index contributed by atoms with van der Waals surface area (Å²) in [4.78, 5) is 20.1. The molecular formula is C17H16ClFN4O3. The Morgan fingerprint density at radius 1 is 1.42 bits per heavy atom. The van der Waals surface area contributed by atoms with Gasteiger partial charge in [-0.05, 0) is 18.2 Å². The zero-order chi connectivity index (χ0) is 18.5. The SMILES string of the molecule is COc1cncc(NC2=CC(NC(=O)COc3ccc(Cl)c(F)c3)C2)n1. The third kappa shape index (κ3) is 4.60. The number of nitrogens with one attached hydrogen (secondary N) is 2. The summed E-state index contributed by atoms with van der Waals surface area (Å²) in [6.45, 7) is -0.213. The smallest absolute Gasteiger partial charge is 0.258 e. The lowest BCUT2D eigenvalue weighted by atomic mass is 9.99. The van der Waals surface area contributed by atoms with Gasteiger partial charge in [-0.2, -0.15) is 4.98 Å². The van der Waals surface area contributed by atoms with Crippen LogP contribution in [-0.4, -0.2) is 35.6 Å². The molecule has 1 aromatic heterocycles. The summed E-state index contributed by atoms with van der Waals surface area (Å²) in [5.41, 5.74) is 0.915. The van der Waals surface area contributed by atoms with E-state index in [0.29, 0.717) is 18.1 Å². The van der Waals surface area contributed by atoms with Gasteiger partial charge in [-0.1, -0.05) is 11.6 Å². The Labute approximate surface area is 154 Å². The van der Waals surface area contributed by atoms with E-state index in [2.05, 4.69) is 20.6 Å². The van der Waals surface area contributed by atoms with E-state index in [1.54, 1.807) is 6.20 Å². The fraction of sp³-hybridized carbons (Fsp3) is 0.235. The third-order valence-electron chi connectivity index (χ3n) is 3.56. The van der Waals surface area contributed by atoms with Crippen LogP contribution < -0.4 is 20.1 Å². The number of hydrogen-bond donors (Lipinski definition) is 2. The molecule has 0 radical (unpaired) electrons. The zero-order valence-electron chi connectivity index (χ0n) is 13.8. The number of carbonyl (C=O) groups excluding carboxylic acids is 1. The summed E-state index contributed by atoms with van der Waals surface area (Å²) < 4.78 is 23.5. The molecule has 1 aliphatic rings. The van der Waals surface area contributed by atoms with Gasteiger partial charge in [-0.3, -0.25) is 9.78 Å². The molecule has 1 amide bonds. The van der Waals surface area contributed by atoms with E-state index < -0.39 is 5.82 Å². The Kier molecular flexibility index (Phi) is 5.52. The van der Waals surface area contributed by atoms with Crippen LogP contribution in [0.5, 0.6) is 11.6 Å². The van der Waals surface area contributed by atoms with E-state index in [1.807, 2.05) is 6.08 Å². The van der Waals surface area contributed by atoms with Gasteiger partial charge in [0.1, 0.15) is 11.6 Å². The Balaban J connectivity index is 1.44.